The van der Waals surface area contributed by atoms with Gasteiger partial charge in [0.2, 0.25) is 5.91 Å². The number of amides is 2. The van der Waals surface area contributed by atoms with Gasteiger partial charge in [0.25, 0.3) is 0 Å². The maximum Gasteiger partial charge on any atom is 0.408 e. The Kier molecular flexibility index (Phi) is 8.22. The fourth-order valence-electron chi connectivity index (χ4n) is 7.92. The van der Waals surface area contributed by atoms with E-state index < -0.39 is 29.6 Å². The van der Waals surface area contributed by atoms with Gasteiger partial charge in [-0.1, -0.05) is 30.3 Å². The van der Waals surface area contributed by atoms with Gasteiger partial charge in [-0.25, -0.2) is 4.79 Å². The number of alkyl carbamates (subject to hydrolysis) is 1. The molecule has 4 bridgehead atoms. The summed E-state index contributed by atoms with van der Waals surface area (Å²) >= 11 is 2.22. The number of carbonyl (C=O) groups excluding carboxylic acids is 2. The van der Waals surface area contributed by atoms with Gasteiger partial charge in [0.15, 0.2) is 0 Å². The molecule has 9 heteroatoms. The number of hydrogen-bond donors (Lipinski definition) is 4. The van der Waals surface area contributed by atoms with E-state index in [0.29, 0.717) is 18.3 Å². The second-order valence-electron chi connectivity index (χ2n) is 12.9. The lowest BCUT2D eigenvalue weighted by atomic mass is 9.55. The molecule has 7 rings (SSSR count). The first-order valence-electron chi connectivity index (χ1n) is 15.0. The van der Waals surface area contributed by atoms with Crippen molar-refractivity contribution >= 4 is 51.5 Å². The largest absolute Gasteiger partial charge is 0.481 e. The number of ether oxygens (including phenoxy) is 1. The van der Waals surface area contributed by atoms with Crippen LogP contribution in [0.4, 0.5) is 4.79 Å². The summed E-state index contributed by atoms with van der Waals surface area (Å²) < 4.78 is 7.20. The third kappa shape index (κ3) is 6.31. The quantitative estimate of drug-likeness (QED) is 0.201. The number of carboxylic acids is 1. The highest BCUT2D eigenvalue weighted by Gasteiger charge is 2.50. The SMILES string of the molecule is CC(Cc1c[nH]c2ccccc12)(NC(=O)OC1C2CC3CC(C2)CC1C3)C(=O)NC(CC(=O)O)Cc1ccc(I)cc1. The Morgan fingerprint density at radius 2 is 1.69 bits per heavy atom. The second kappa shape index (κ2) is 11.9. The topological polar surface area (TPSA) is 121 Å². The van der Waals surface area contributed by atoms with E-state index in [1.807, 2.05) is 54.7 Å². The summed E-state index contributed by atoms with van der Waals surface area (Å²) in [6.45, 7) is 1.70. The lowest BCUT2D eigenvalue weighted by Gasteiger charge is -2.53. The number of para-hydroxylation sites is 1. The van der Waals surface area contributed by atoms with Crippen LogP contribution in [0.1, 0.15) is 56.6 Å². The number of nitrogens with one attached hydrogen (secondary N) is 3. The summed E-state index contributed by atoms with van der Waals surface area (Å²) in [5.41, 5.74) is 1.37. The minimum Gasteiger partial charge on any atom is -0.481 e. The van der Waals surface area contributed by atoms with Crippen molar-refractivity contribution in [1.29, 1.82) is 0 Å². The number of aromatic nitrogens is 1. The van der Waals surface area contributed by atoms with Gasteiger partial charge in [-0.2, -0.15) is 0 Å². The molecule has 4 N–H and O–H groups in total. The Labute approximate surface area is 259 Å². The lowest BCUT2D eigenvalue weighted by Crippen LogP contribution is -2.61. The average molecular weight is 684 g/mol. The number of carbonyl (C=O) groups is 3. The Morgan fingerprint density at radius 1 is 1.02 bits per heavy atom. The van der Waals surface area contributed by atoms with E-state index in [4.69, 9.17) is 4.74 Å². The fraction of sp³-hybridized carbons (Fsp3) is 0.485. The van der Waals surface area contributed by atoms with E-state index in [1.54, 1.807) is 6.92 Å². The second-order valence-corrected chi connectivity index (χ2v) is 14.1. The lowest BCUT2D eigenvalue weighted by molar-refractivity contribution is -0.138. The Morgan fingerprint density at radius 3 is 2.36 bits per heavy atom. The van der Waals surface area contributed by atoms with Crippen molar-refractivity contribution in [1.82, 2.24) is 15.6 Å². The van der Waals surface area contributed by atoms with Gasteiger partial charge in [0.05, 0.1) is 6.42 Å². The van der Waals surface area contributed by atoms with Crippen molar-refractivity contribution in [3.05, 3.63) is 69.4 Å². The minimum absolute atomic E-state index is 0.112. The van der Waals surface area contributed by atoms with Crippen LogP contribution in [-0.2, 0) is 27.2 Å². The molecule has 4 aliphatic rings. The normalized spacial score (nSPS) is 26.4. The number of benzene rings is 2. The third-order valence-electron chi connectivity index (χ3n) is 9.63. The molecule has 4 fully saturated rings. The molecular formula is C33H38IN3O5. The summed E-state index contributed by atoms with van der Waals surface area (Å²) in [5, 5.41) is 16.5. The third-order valence-corrected chi connectivity index (χ3v) is 10.4. The molecule has 4 saturated carbocycles. The van der Waals surface area contributed by atoms with Crippen LogP contribution in [0.25, 0.3) is 10.9 Å². The maximum absolute atomic E-state index is 14.1. The predicted octanol–water partition coefficient (Wildman–Crippen LogP) is 5.83. The first-order valence-corrected chi connectivity index (χ1v) is 16.0. The zero-order chi connectivity index (χ0) is 29.4. The molecule has 0 saturated heterocycles. The van der Waals surface area contributed by atoms with Crippen LogP contribution < -0.4 is 10.6 Å². The smallest absolute Gasteiger partial charge is 0.408 e. The van der Waals surface area contributed by atoms with Gasteiger partial charge >= 0.3 is 12.1 Å². The van der Waals surface area contributed by atoms with E-state index in [1.165, 1.54) is 6.42 Å². The first-order chi connectivity index (χ1) is 20.1. The first kappa shape index (κ1) is 29.0. The van der Waals surface area contributed by atoms with E-state index in [-0.39, 0.29) is 18.9 Å². The Bertz CT molecular complexity index is 1440. The number of hydrogen-bond acceptors (Lipinski definition) is 4. The van der Waals surface area contributed by atoms with Crippen LogP contribution in [0, 0.1) is 27.2 Å². The number of aliphatic carboxylic acids is 1. The summed E-state index contributed by atoms with van der Waals surface area (Å²) in [6, 6.07) is 15.0. The molecule has 2 unspecified atom stereocenters. The highest BCUT2D eigenvalue weighted by Crippen LogP contribution is 2.54. The minimum atomic E-state index is -1.38. The Hall–Kier alpha value is -3.08. The van der Waals surface area contributed by atoms with Crippen molar-refractivity contribution in [2.24, 2.45) is 23.7 Å². The zero-order valence-corrected chi connectivity index (χ0v) is 25.9. The van der Waals surface area contributed by atoms with E-state index in [0.717, 1.165) is 63.1 Å². The highest BCUT2D eigenvalue weighted by atomic mass is 127. The molecule has 1 heterocycles. The van der Waals surface area contributed by atoms with E-state index in [2.05, 4.69) is 38.2 Å². The molecule has 2 aromatic carbocycles. The fourth-order valence-corrected chi connectivity index (χ4v) is 8.28. The van der Waals surface area contributed by atoms with Crippen molar-refractivity contribution in [3.63, 3.8) is 0 Å². The van der Waals surface area contributed by atoms with Crippen molar-refractivity contribution in [2.75, 3.05) is 0 Å². The van der Waals surface area contributed by atoms with Gasteiger partial charge in [0.1, 0.15) is 11.6 Å². The molecule has 0 aliphatic heterocycles. The zero-order valence-electron chi connectivity index (χ0n) is 23.8. The number of rotatable bonds is 10. The van der Waals surface area contributed by atoms with Crippen molar-refractivity contribution < 1.29 is 24.2 Å². The summed E-state index contributed by atoms with van der Waals surface area (Å²) in [4.78, 5) is 42.6. The molecule has 0 radical (unpaired) electrons. The molecule has 222 valence electrons. The molecule has 42 heavy (non-hydrogen) atoms. The Balaban J connectivity index is 1.22. The molecule has 2 amide bonds. The molecule has 3 aromatic rings. The van der Waals surface area contributed by atoms with Crippen LogP contribution in [0.5, 0.6) is 0 Å². The standard InChI is InChI=1S/C33H38IN3O5/c1-33(17-24-18-35-28-5-3-2-4-27(24)28,31(40)36-26(16-29(38)39)15-19-6-8-25(34)9-7-19)37-32(41)42-30-22-11-20-10-21(13-22)14-23(30)12-20/h2-9,18,20-23,26,30,35H,10-17H2,1H3,(H,36,40)(H,37,41)(H,38,39). The van der Waals surface area contributed by atoms with Crippen LogP contribution in [-0.4, -0.2) is 45.7 Å². The number of carboxylic acid groups (broad SMARTS) is 1. The van der Waals surface area contributed by atoms with Crippen LogP contribution in [0.15, 0.2) is 54.7 Å². The number of H-pyrrole nitrogens is 1. The van der Waals surface area contributed by atoms with Gasteiger partial charge in [-0.15, -0.1) is 0 Å². The molecular weight excluding hydrogens is 645 g/mol. The van der Waals surface area contributed by atoms with Crippen LogP contribution >= 0.6 is 22.6 Å². The van der Waals surface area contributed by atoms with Crippen molar-refractivity contribution in [2.45, 2.75) is 76.0 Å². The molecule has 0 spiro atoms. The molecule has 4 aliphatic carbocycles. The van der Waals surface area contributed by atoms with Gasteiger partial charge in [0, 0.05) is 33.1 Å². The van der Waals surface area contributed by atoms with Gasteiger partial charge in [-0.05, 0) is 121 Å². The molecule has 2 atom stereocenters. The average Bonchev–Trinajstić information content (AvgIpc) is 3.33. The highest BCUT2D eigenvalue weighted by molar-refractivity contribution is 14.1. The van der Waals surface area contributed by atoms with Crippen molar-refractivity contribution in [3.8, 4) is 0 Å². The molecule has 8 nitrogen and oxygen atoms in total. The summed E-state index contributed by atoms with van der Waals surface area (Å²) in [6.07, 6.45) is 7.28. The maximum atomic E-state index is 14.1. The predicted molar refractivity (Wildman–Crippen MR) is 168 cm³/mol. The van der Waals surface area contributed by atoms with E-state index in [9.17, 15) is 19.5 Å². The number of fused-ring (bicyclic) bond motifs is 1. The van der Waals surface area contributed by atoms with Crippen LogP contribution in [0.2, 0.25) is 0 Å². The van der Waals surface area contributed by atoms with Gasteiger partial charge in [-0.3, -0.25) is 9.59 Å². The number of halogens is 1. The van der Waals surface area contributed by atoms with Crippen LogP contribution in [0.3, 0.4) is 0 Å². The molecule has 1 aromatic heterocycles. The number of aromatic amines is 1. The van der Waals surface area contributed by atoms with E-state index >= 15 is 0 Å². The summed E-state index contributed by atoms with van der Waals surface area (Å²) in [5.74, 6) is 0.870. The summed E-state index contributed by atoms with van der Waals surface area (Å²) in [7, 11) is 0. The van der Waals surface area contributed by atoms with Gasteiger partial charge < -0.3 is 25.5 Å². The monoisotopic (exact) mass is 683 g/mol.